The molecule has 0 aliphatic heterocycles. The van der Waals surface area contributed by atoms with Gasteiger partial charge in [0.05, 0.1) is 15.5 Å². The Balaban J connectivity index is 3.00. The first-order valence-electron chi connectivity index (χ1n) is 5.97. The van der Waals surface area contributed by atoms with E-state index in [2.05, 4.69) is 26.2 Å². The molecule has 114 valence electrons. The average molecular weight is 369 g/mol. The lowest BCUT2D eigenvalue weighted by Crippen LogP contribution is -2.14. The Morgan fingerprint density at radius 2 is 1.90 bits per heavy atom. The van der Waals surface area contributed by atoms with Crippen molar-refractivity contribution in [1.29, 1.82) is 0 Å². The van der Waals surface area contributed by atoms with Crippen LogP contribution >= 0.6 is 15.9 Å². The van der Waals surface area contributed by atoms with Crippen molar-refractivity contribution in [2.24, 2.45) is 0 Å². The number of rotatable bonds is 2. The van der Waals surface area contributed by atoms with Crippen molar-refractivity contribution in [3.8, 4) is 0 Å². The van der Waals surface area contributed by atoms with Crippen molar-refractivity contribution in [2.75, 3.05) is 11.9 Å². The molecule has 21 heavy (non-hydrogen) atoms. The summed E-state index contributed by atoms with van der Waals surface area (Å²) in [4.78, 5) is 3.29. The minimum Gasteiger partial charge on any atom is -0.384 e. The molecule has 0 amide bonds. The number of nitrogens with zero attached hydrogens (tertiary/aromatic N) is 1. The molecule has 0 bridgehead atoms. The molecule has 8 heteroatoms. The summed E-state index contributed by atoms with van der Waals surface area (Å²) in [5.41, 5.74) is -2.25. The van der Waals surface area contributed by atoms with Crippen LogP contribution in [0.3, 0.4) is 0 Å². The maximum Gasteiger partial charge on any atom is 0.433 e. The van der Waals surface area contributed by atoms with Crippen LogP contribution in [-0.4, -0.2) is 11.5 Å². The number of benzene rings is 1. The maximum atomic E-state index is 14.2. The lowest BCUT2D eigenvalue weighted by Gasteiger charge is -2.18. The zero-order valence-corrected chi connectivity index (χ0v) is 12.6. The van der Waals surface area contributed by atoms with E-state index in [0.717, 1.165) is 6.07 Å². The quantitative estimate of drug-likeness (QED) is 0.593. The highest BCUT2D eigenvalue weighted by Crippen LogP contribution is 2.40. The monoisotopic (exact) mass is 368 g/mol. The van der Waals surface area contributed by atoms with E-state index in [1.807, 2.05) is 0 Å². The van der Waals surface area contributed by atoms with Crippen LogP contribution in [-0.2, 0) is 6.18 Å². The third-order valence-corrected chi connectivity index (χ3v) is 3.55. The van der Waals surface area contributed by atoms with Crippen molar-refractivity contribution in [2.45, 2.75) is 20.0 Å². The predicted molar refractivity (Wildman–Crippen MR) is 73.3 cm³/mol. The number of hydrogen-bond donors (Lipinski definition) is 1. The normalized spacial score (nSPS) is 12.0. The second-order valence-corrected chi connectivity index (χ2v) is 5.22. The van der Waals surface area contributed by atoms with E-state index in [1.54, 1.807) is 6.92 Å². The third-order valence-electron chi connectivity index (χ3n) is 2.97. The van der Waals surface area contributed by atoms with E-state index in [4.69, 9.17) is 0 Å². The third kappa shape index (κ3) is 2.68. The molecular weight excluding hydrogens is 359 g/mol. The molecule has 1 aromatic carbocycles. The Morgan fingerprint density at radius 3 is 2.43 bits per heavy atom. The molecule has 2 nitrogen and oxygen atoms in total. The van der Waals surface area contributed by atoms with Crippen LogP contribution < -0.4 is 5.32 Å². The molecule has 0 spiro atoms. The summed E-state index contributed by atoms with van der Waals surface area (Å²) in [6, 6.07) is 0.760. The highest BCUT2D eigenvalue weighted by atomic mass is 79.9. The molecule has 0 atom stereocenters. The second kappa shape index (κ2) is 5.40. The van der Waals surface area contributed by atoms with Gasteiger partial charge in [-0.15, -0.1) is 0 Å². The van der Waals surface area contributed by atoms with E-state index in [1.165, 1.54) is 6.92 Å². The number of aromatic nitrogens is 1. The minimum atomic E-state index is -4.75. The minimum absolute atomic E-state index is 0.104. The van der Waals surface area contributed by atoms with Gasteiger partial charge in [0.25, 0.3) is 0 Å². The summed E-state index contributed by atoms with van der Waals surface area (Å²) in [6.45, 7) is 3.07. The van der Waals surface area contributed by atoms with E-state index >= 15 is 0 Å². The fraction of sp³-hybridized carbons (Fsp3) is 0.308. The zero-order valence-electron chi connectivity index (χ0n) is 11.0. The van der Waals surface area contributed by atoms with E-state index in [0.29, 0.717) is 0 Å². The number of hydrogen-bond acceptors (Lipinski definition) is 2. The van der Waals surface area contributed by atoms with Gasteiger partial charge in [0, 0.05) is 12.1 Å². The van der Waals surface area contributed by atoms with E-state index < -0.39 is 29.0 Å². The van der Waals surface area contributed by atoms with Gasteiger partial charge >= 0.3 is 6.18 Å². The van der Waals surface area contributed by atoms with Crippen molar-refractivity contribution in [3.63, 3.8) is 0 Å². The molecule has 0 saturated carbocycles. The Hall–Kier alpha value is -1.44. The lowest BCUT2D eigenvalue weighted by atomic mass is 10.1. The van der Waals surface area contributed by atoms with Crippen molar-refractivity contribution < 1.29 is 22.0 Å². The molecule has 2 rings (SSSR count). The van der Waals surface area contributed by atoms with Gasteiger partial charge in [-0.2, -0.15) is 13.2 Å². The first-order valence-corrected chi connectivity index (χ1v) is 6.76. The molecule has 0 saturated heterocycles. The lowest BCUT2D eigenvalue weighted by molar-refractivity contribution is -0.141. The average Bonchev–Trinajstić information content (AvgIpc) is 2.37. The summed E-state index contributed by atoms with van der Waals surface area (Å²) in [5, 5.41) is 2.36. The SMILES string of the molecule is CCNc1c(C)c(C(F)(F)F)nc2c(F)cc(Br)c(F)c12. The van der Waals surface area contributed by atoms with Crippen molar-refractivity contribution in [1.82, 2.24) is 4.98 Å². The number of nitrogens with one attached hydrogen (secondary N) is 1. The molecule has 1 aromatic heterocycles. The fourth-order valence-electron chi connectivity index (χ4n) is 2.10. The molecule has 0 aliphatic carbocycles. The van der Waals surface area contributed by atoms with Gasteiger partial charge < -0.3 is 5.32 Å². The van der Waals surface area contributed by atoms with E-state index in [-0.39, 0.29) is 27.7 Å². The molecule has 0 fully saturated rings. The fourth-order valence-corrected chi connectivity index (χ4v) is 2.50. The van der Waals surface area contributed by atoms with Crippen LogP contribution in [0.4, 0.5) is 27.6 Å². The Bertz CT molecular complexity index is 712. The van der Waals surface area contributed by atoms with Crippen molar-refractivity contribution >= 4 is 32.5 Å². The highest BCUT2D eigenvalue weighted by Gasteiger charge is 2.37. The van der Waals surface area contributed by atoms with E-state index in [9.17, 15) is 22.0 Å². The van der Waals surface area contributed by atoms with Gasteiger partial charge in [0.1, 0.15) is 17.0 Å². The van der Waals surface area contributed by atoms with Crippen molar-refractivity contribution in [3.05, 3.63) is 33.4 Å². The summed E-state index contributed by atoms with van der Waals surface area (Å²) < 4.78 is 66.9. The maximum absolute atomic E-state index is 14.2. The standard InChI is InChI=1S/C13H10BrF5N2/c1-3-20-10-5(2)12(13(17,18)19)21-11-7(15)4-6(14)9(16)8(10)11/h4H,3H2,1-2H3,(H,20,21). The van der Waals surface area contributed by atoms with Gasteiger partial charge in [-0.25, -0.2) is 13.8 Å². The Morgan fingerprint density at radius 1 is 1.29 bits per heavy atom. The first-order chi connectivity index (χ1) is 9.68. The molecule has 0 radical (unpaired) electrons. The Kier molecular flexibility index (Phi) is 4.10. The molecule has 0 aliphatic rings. The largest absolute Gasteiger partial charge is 0.433 e. The van der Waals surface area contributed by atoms with Crippen LogP contribution in [0.2, 0.25) is 0 Å². The number of fused-ring (bicyclic) bond motifs is 1. The van der Waals surface area contributed by atoms with Gasteiger partial charge in [0.15, 0.2) is 5.82 Å². The topological polar surface area (TPSA) is 24.9 Å². The smallest absolute Gasteiger partial charge is 0.384 e. The van der Waals surface area contributed by atoms with Crippen LogP contribution in [0.1, 0.15) is 18.2 Å². The highest BCUT2D eigenvalue weighted by molar-refractivity contribution is 9.10. The summed E-state index contributed by atoms with van der Waals surface area (Å²) in [6.07, 6.45) is -4.75. The molecule has 1 N–H and O–H groups in total. The van der Waals surface area contributed by atoms with Crippen LogP contribution in [0.5, 0.6) is 0 Å². The number of pyridine rings is 1. The second-order valence-electron chi connectivity index (χ2n) is 4.37. The number of halogens is 6. The molecule has 0 unspecified atom stereocenters. The predicted octanol–water partition coefficient (Wildman–Crippen LogP) is 5.03. The molecular formula is C13H10BrF5N2. The summed E-state index contributed by atoms with van der Waals surface area (Å²) >= 11 is 2.84. The van der Waals surface area contributed by atoms with Gasteiger partial charge in [0.2, 0.25) is 0 Å². The first kappa shape index (κ1) is 15.9. The van der Waals surface area contributed by atoms with Gasteiger partial charge in [-0.05, 0) is 35.8 Å². The molecule has 2 aromatic rings. The summed E-state index contributed by atoms with van der Waals surface area (Å²) in [5.74, 6) is -1.88. The Labute approximate surface area is 125 Å². The van der Waals surface area contributed by atoms with Crippen LogP contribution in [0, 0.1) is 18.6 Å². The van der Waals surface area contributed by atoms with Crippen LogP contribution in [0.25, 0.3) is 10.9 Å². The number of anilines is 1. The van der Waals surface area contributed by atoms with Gasteiger partial charge in [-0.3, -0.25) is 0 Å². The van der Waals surface area contributed by atoms with Gasteiger partial charge in [-0.1, -0.05) is 0 Å². The summed E-state index contributed by atoms with van der Waals surface area (Å²) in [7, 11) is 0. The molecule has 1 heterocycles. The number of alkyl halides is 3. The zero-order chi connectivity index (χ0) is 15.9. The van der Waals surface area contributed by atoms with Crippen LogP contribution in [0.15, 0.2) is 10.5 Å².